The average Bonchev–Trinajstić information content (AvgIpc) is 2.60. The zero-order chi connectivity index (χ0) is 16.5. The van der Waals surface area contributed by atoms with E-state index in [0.29, 0.717) is 46.3 Å². The normalized spacial score (nSPS) is 14.2. The lowest BCUT2D eigenvalue weighted by atomic mass is 10.1. The topological polar surface area (TPSA) is 48.7 Å². The maximum absolute atomic E-state index is 12.9. The fourth-order valence-electron chi connectivity index (χ4n) is 2.80. The summed E-state index contributed by atoms with van der Waals surface area (Å²) in [5.74, 6) is 1.29. The minimum Gasteiger partial charge on any atom is -0.493 e. The van der Waals surface area contributed by atoms with Gasteiger partial charge in [-0.2, -0.15) is 0 Å². The summed E-state index contributed by atoms with van der Waals surface area (Å²) in [5.41, 5.74) is 0.964. The van der Waals surface area contributed by atoms with Crippen molar-refractivity contribution in [1.82, 2.24) is 0 Å². The van der Waals surface area contributed by atoms with Crippen LogP contribution in [0.4, 0.5) is 0 Å². The molecule has 0 saturated heterocycles. The van der Waals surface area contributed by atoms with Crippen molar-refractivity contribution in [3.63, 3.8) is 0 Å². The van der Waals surface area contributed by atoms with E-state index in [1.54, 1.807) is 18.2 Å². The molecule has 24 heavy (non-hydrogen) atoms. The molecule has 1 aliphatic rings. The van der Waals surface area contributed by atoms with Crippen LogP contribution in [0.2, 0.25) is 5.02 Å². The van der Waals surface area contributed by atoms with Crippen LogP contribution in [0.1, 0.15) is 12.8 Å². The van der Waals surface area contributed by atoms with Crippen molar-refractivity contribution in [2.75, 3.05) is 13.2 Å². The quantitative estimate of drug-likeness (QED) is 0.596. The maximum atomic E-state index is 12.9. The molecule has 0 N–H and O–H groups in total. The van der Waals surface area contributed by atoms with Gasteiger partial charge in [0.2, 0.25) is 11.2 Å². The Morgan fingerprint density at radius 1 is 0.958 bits per heavy atom. The first-order valence-electron chi connectivity index (χ1n) is 7.85. The van der Waals surface area contributed by atoms with E-state index in [4.69, 9.17) is 25.5 Å². The van der Waals surface area contributed by atoms with E-state index in [1.807, 2.05) is 24.3 Å². The van der Waals surface area contributed by atoms with Crippen LogP contribution < -0.4 is 14.9 Å². The molecular formula is C19H15ClO4. The molecule has 3 aromatic rings. The highest BCUT2D eigenvalue weighted by Gasteiger charge is 2.21. The minimum atomic E-state index is -0.218. The third-order valence-electron chi connectivity index (χ3n) is 3.99. The molecule has 0 bridgehead atoms. The zero-order valence-corrected chi connectivity index (χ0v) is 13.6. The minimum absolute atomic E-state index is 0.211. The van der Waals surface area contributed by atoms with Gasteiger partial charge in [-0.25, -0.2) is 0 Å². The van der Waals surface area contributed by atoms with Crippen LogP contribution in [0.15, 0.2) is 51.7 Å². The number of halogens is 1. The molecule has 0 atom stereocenters. The molecule has 1 aromatic heterocycles. The third kappa shape index (κ3) is 2.63. The van der Waals surface area contributed by atoms with Crippen LogP contribution in [0.25, 0.3) is 22.3 Å². The highest BCUT2D eigenvalue weighted by atomic mass is 35.5. The number of para-hydroxylation sites is 1. The molecule has 0 aliphatic carbocycles. The van der Waals surface area contributed by atoms with Crippen molar-refractivity contribution in [1.29, 1.82) is 0 Å². The second kappa shape index (κ2) is 6.21. The fraction of sp³-hybridized carbons (Fsp3) is 0.211. The average molecular weight is 343 g/mol. The van der Waals surface area contributed by atoms with Gasteiger partial charge in [-0.15, -0.1) is 0 Å². The van der Waals surface area contributed by atoms with Gasteiger partial charge >= 0.3 is 0 Å². The summed E-state index contributed by atoms with van der Waals surface area (Å²) in [7, 11) is 0. The van der Waals surface area contributed by atoms with Crippen LogP contribution in [0, 0.1) is 0 Å². The first-order chi connectivity index (χ1) is 11.7. The van der Waals surface area contributed by atoms with Gasteiger partial charge in [0.25, 0.3) is 0 Å². The largest absolute Gasteiger partial charge is 0.493 e. The molecule has 0 unspecified atom stereocenters. The number of ether oxygens (including phenoxy) is 2. The Bertz CT molecular complexity index is 961. The second-order valence-electron chi connectivity index (χ2n) is 5.63. The molecule has 2 heterocycles. The molecule has 122 valence electrons. The summed E-state index contributed by atoms with van der Waals surface area (Å²) in [6.07, 6.45) is 1.66. The SMILES string of the molecule is O=c1c2c(oc3ccc(Cl)cc13)-c1ccccc1OCCCCO2. The van der Waals surface area contributed by atoms with E-state index >= 15 is 0 Å². The van der Waals surface area contributed by atoms with E-state index in [0.717, 1.165) is 12.8 Å². The van der Waals surface area contributed by atoms with Crippen molar-refractivity contribution in [3.05, 3.63) is 57.7 Å². The Morgan fingerprint density at radius 3 is 2.62 bits per heavy atom. The maximum Gasteiger partial charge on any atom is 0.235 e. The third-order valence-corrected chi connectivity index (χ3v) is 4.22. The van der Waals surface area contributed by atoms with Gasteiger partial charge in [-0.05, 0) is 43.2 Å². The highest BCUT2D eigenvalue weighted by Crippen LogP contribution is 2.37. The predicted molar refractivity (Wildman–Crippen MR) is 93.2 cm³/mol. The van der Waals surface area contributed by atoms with Gasteiger partial charge in [0, 0.05) is 5.02 Å². The molecule has 0 fully saturated rings. The van der Waals surface area contributed by atoms with E-state index in [9.17, 15) is 4.79 Å². The number of fused-ring (bicyclic) bond motifs is 4. The lowest BCUT2D eigenvalue weighted by Gasteiger charge is -2.17. The molecule has 2 aromatic carbocycles. The molecule has 1 aliphatic heterocycles. The first kappa shape index (κ1) is 15.1. The Hall–Kier alpha value is -2.46. The van der Waals surface area contributed by atoms with Gasteiger partial charge in [-0.3, -0.25) is 4.79 Å². The van der Waals surface area contributed by atoms with E-state index in [2.05, 4.69) is 0 Å². The molecular weight excluding hydrogens is 328 g/mol. The fourth-order valence-corrected chi connectivity index (χ4v) is 2.97. The number of rotatable bonds is 0. The van der Waals surface area contributed by atoms with Crippen molar-refractivity contribution in [3.8, 4) is 22.8 Å². The smallest absolute Gasteiger partial charge is 0.235 e. The molecule has 0 saturated carbocycles. The Labute approximate surface area is 143 Å². The lowest BCUT2D eigenvalue weighted by Crippen LogP contribution is -2.13. The molecule has 4 rings (SSSR count). The molecule has 0 spiro atoms. The van der Waals surface area contributed by atoms with E-state index in [-0.39, 0.29) is 11.2 Å². The number of hydrogen-bond acceptors (Lipinski definition) is 4. The second-order valence-corrected chi connectivity index (χ2v) is 6.07. The summed E-state index contributed by atoms with van der Waals surface area (Å²) in [6, 6.07) is 12.5. The number of hydrogen-bond donors (Lipinski definition) is 0. The highest BCUT2D eigenvalue weighted by molar-refractivity contribution is 6.31. The van der Waals surface area contributed by atoms with Gasteiger partial charge in [-0.1, -0.05) is 23.7 Å². The molecule has 0 amide bonds. The van der Waals surface area contributed by atoms with E-state index in [1.165, 1.54) is 0 Å². The predicted octanol–water partition coefficient (Wildman–Crippen LogP) is 4.66. The summed E-state index contributed by atoms with van der Waals surface area (Å²) in [6.45, 7) is 1.04. The summed E-state index contributed by atoms with van der Waals surface area (Å²) in [4.78, 5) is 12.9. The van der Waals surface area contributed by atoms with Crippen LogP contribution >= 0.6 is 11.6 Å². The Morgan fingerprint density at radius 2 is 1.75 bits per heavy atom. The standard InChI is InChI=1S/C19H15ClO4/c20-12-7-8-16-14(11-12)17(21)19-18(24-16)13-5-1-2-6-15(13)22-9-3-4-10-23-19/h1-2,5-8,11H,3-4,9-10H2. The van der Waals surface area contributed by atoms with Crippen LogP contribution in [-0.4, -0.2) is 13.2 Å². The van der Waals surface area contributed by atoms with Gasteiger partial charge in [0.05, 0.1) is 24.2 Å². The Balaban J connectivity index is 2.04. The molecule has 5 heteroatoms. The first-order valence-corrected chi connectivity index (χ1v) is 8.23. The summed E-state index contributed by atoms with van der Waals surface area (Å²) in [5, 5.41) is 0.898. The van der Waals surface area contributed by atoms with Crippen molar-refractivity contribution in [2.45, 2.75) is 12.8 Å². The van der Waals surface area contributed by atoms with Gasteiger partial charge in [0.15, 0.2) is 5.76 Å². The van der Waals surface area contributed by atoms with Crippen molar-refractivity contribution < 1.29 is 13.9 Å². The lowest BCUT2D eigenvalue weighted by molar-refractivity contribution is 0.258. The summed E-state index contributed by atoms with van der Waals surface area (Å²) < 4.78 is 17.7. The van der Waals surface area contributed by atoms with Gasteiger partial charge in [0.1, 0.15) is 11.3 Å². The van der Waals surface area contributed by atoms with Crippen LogP contribution in [0.3, 0.4) is 0 Å². The summed E-state index contributed by atoms with van der Waals surface area (Å²) >= 11 is 6.02. The monoisotopic (exact) mass is 342 g/mol. The number of benzene rings is 2. The zero-order valence-electron chi connectivity index (χ0n) is 12.9. The van der Waals surface area contributed by atoms with Crippen LogP contribution in [-0.2, 0) is 0 Å². The van der Waals surface area contributed by atoms with Gasteiger partial charge < -0.3 is 13.9 Å². The van der Waals surface area contributed by atoms with E-state index < -0.39 is 0 Å². The molecule has 0 radical (unpaired) electrons. The molecule has 4 nitrogen and oxygen atoms in total. The van der Waals surface area contributed by atoms with Crippen molar-refractivity contribution >= 4 is 22.6 Å². The van der Waals surface area contributed by atoms with Crippen molar-refractivity contribution in [2.24, 2.45) is 0 Å². The van der Waals surface area contributed by atoms with Crippen LogP contribution in [0.5, 0.6) is 11.5 Å². The Kier molecular flexibility index (Phi) is 3.90.